The number of likely N-dealkylation sites (tertiary alicyclic amines) is 2. The summed E-state index contributed by atoms with van der Waals surface area (Å²) in [7, 11) is 0. The highest BCUT2D eigenvalue weighted by Gasteiger charge is 2.69. The molecule has 2 amide bonds. The Hall–Kier alpha value is -3.79. The van der Waals surface area contributed by atoms with Gasteiger partial charge in [0.05, 0.1) is 61.9 Å². The maximum absolute atomic E-state index is 13.8. The van der Waals surface area contributed by atoms with Crippen molar-refractivity contribution in [2.75, 3.05) is 18.0 Å². The average Bonchev–Trinajstić information content (AvgIpc) is 3.82. The summed E-state index contributed by atoms with van der Waals surface area (Å²) in [5.74, 6) is 1.82. The van der Waals surface area contributed by atoms with Gasteiger partial charge in [-0.2, -0.15) is 0 Å². The van der Waals surface area contributed by atoms with Crippen LogP contribution in [0.15, 0.2) is 60.7 Å². The molecular weight excluding hydrogens is 801 g/mol. The van der Waals surface area contributed by atoms with Gasteiger partial charge in [0.2, 0.25) is 11.8 Å². The number of H-pyrrole nitrogens is 2. The third-order valence-corrected chi connectivity index (χ3v) is 16.5. The zero-order chi connectivity index (χ0) is 41.4. The molecule has 9 nitrogen and oxygen atoms in total. The molecule has 0 radical (unpaired) electrons. The number of benzene rings is 3. The molecule has 0 spiro atoms. The van der Waals surface area contributed by atoms with Gasteiger partial charge in [-0.1, -0.05) is 45.0 Å². The fraction of sp³-hybridized carbons (Fsp3) is 0.532. The van der Waals surface area contributed by atoms with E-state index in [2.05, 4.69) is 96.3 Å². The van der Waals surface area contributed by atoms with Crippen LogP contribution in [0.4, 0.5) is 5.69 Å². The van der Waals surface area contributed by atoms with Gasteiger partial charge >= 0.3 is 0 Å². The molecule has 5 fully saturated rings. The molecular formula is C47H54Cl3N7O2. The number of carbonyl (C=O) groups is 2. The summed E-state index contributed by atoms with van der Waals surface area (Å²) in [5, 5.41) is 0. The Balaban J connectivity index is 0.958. The quantitative estimate of drug-likeness (QED) is 0.159. The van der Waals surface area contributed by atoms with Gasteiger partial charge in [0.15, 0.2) is 0 Å². The van der Waals surface area contributed by atoms with Crippen molar-refractivity contribution in [1.29, 1.82) is 0 Å². The van der Waals surface area contributed by atoms with E-state index < -0.39 is 20.0 Å². The number of aromatic nitrogens is 4. The first-order valence-electron chi connectivity index (χ1n) is 21.5. The predicted octanol–water partition coefficient (Wildman–Crippen LogP) is 11.1. The van der Waals surface area contributed by atoms with Crippen molar-refractivity contribution in [3.05, 3.63) is 89.0 Å². The maximum Gasteiger partial charge on any atom is 0.232 e. The minimum atomic E-state index is -1.01. The predicted molar refractivity (Wildman–Crippen MR) is 236 cm³/mol. The van der Waals surface area contributed by atoms with E-state index in [4.69, 9.17) is 44.8 Å². The first-order valence-corrected chi connectivity index (χ1v) is 22.6. The highest BCUT2D eigenvalue weighted by atomic mass is 35.5. The van der Waals surface area contributed by atoms with E-state index >= 15 is 0 Å². The second-order valence-electron chi connectivity index (χ2n) is 19.8. The molecule has 0 bridgehead atoms. The third-order valence-electron chi connectivity index (χ3n) is 14.8. The van der Waals surface area contributed by atoms with Crippen LogP contribution in [-0.2, 0) is 15.0 Å². The summed E-state index contributed by atoms with van der Waals surface area (Å²) < 4.78 is -1.01. The van der Waals surface area contributed by atoms with Gasteiger partial charge in [-0.05, 0) is 131 Å². The first kappa shape index (κ1) is 39.4. The van der Waals surface area contributed by atoms with Gasteiger partial charge in [-0.25, -0.2) is 9.97 Å². The molecule has 10 rings (SSSR count). The van der Waals surface area contributed by atoms with Gasteiger partial charge in [-0.15, -0.1) is 34.8 Å². The van der Waals surface area contributed by atoms with E-state index in [0.717, 1.165) is 78.8 Å². The summed E-state index contributed by atoms with van der Waals surface area (Å²) in [6, 6.07) is 22.4. The van der Waals surface area contributed by atoms with E-state index in [9.17, 15) is 9.59 Å². The van der Waals surface area contributed by atoms with Gasteiger partial charge < -0.3 is 24.7 Å². The van der Waals surface area contributed by atoms with Crippen LogP contribution in [0.1, 0.15) is 145 Å². The number of fused-ring (bicyclic) bond motifs is 2. The number of imidazole rings is 2. The molecule has 2 aromatic heterocycles. The van der Waals surface area contributed by atoms with E-state index in [1.165, 1.54) is 22.4 Å². The lowest BCUT2D eigenvalue weighted by Gasteiger charge is -2.34. The Bertz CT molecular complexity index is 2360. The summed E-state index contributed by atoms with van der Waals surface area (Å²) in [6.45, 7) is 14.0. The van der Waals surface area contributed by atoms with Crippen LogP contribution in [0.3, 0.4) is 0 Å². The van der Waals surface area contributed by atoms with Crippen molar-refractivity contribution in [2.24, 2.45) is 10.8 Å². The molecule has 7 atom stereocenters. The smallest absolute Gasteiger partial charge is 0.232 e. The fourth-order valence-corrected chi connectivity index (χ4v) is 11.6. The molecule has 3 saturated heterocycles. The summed E-state index contributed by atoms with van der Waals surface area (Å²) in [4.78, 5) is 50.9. The molecule has 3 unspecified atom stereocenters. The fourth-order valence-electron chi connectivity index (χ4n) is 10.6. The number of carbonyl (C=O) groups excluding carboxylic acids is 2. The number of anilines is 1. The SMILES string of the molecule is CC(C)(C)c1ccc(N2[C@@H](c3ccc4nc([C@@H]5CCCN5C(=O)C5(C)CC5(C)Cl)[nH]c4c3)CC[C@@H]2c2ccc3nc([C@@H]4CCCN4C(=O)C4(C)CC4(Cl)Cl)[nH]c3c2)cc1. The number of rotatable bonds is 7. The molecule has 59 heavy (non-hydrogen) atoms. The summed E-state index contributed by atoms with van der Waals surface area (Å²) in [6.07, 6.45) is 6.73. The van der Waals surface area contributed by atoms with E-state index in [1.54, 1.807) is 0 Å². The monoisotopic (exact) mass is 853 g/mol. The Labute approximate surface area is 361 Å². The minimum Gasteiger partial charge on any atom is -0.357 e. The molecule has 2 aliphatic carbocycles. The number of halogens is 3. The maximum atomic E-state index is 13.8. The van der Waals surface area contributed by atoms with Crippen LogP contribution in [-0.4, -0.2) is 63.8 Å². The lowest BCUT2D eigenvalue weighted by atomic mass is 9.87. The molecule has 3 aliphatic heterocycles. The zero-order valence-corrected chi connectivity index (χ0v) is 37.1. The molecule has 5 aromatic rings. The Morgan fingerprint density at radius 3 is 1.54 bits per heavy atom. The van der Waals surface area contributed by atoms with Crippen LogP contribution >= 0.6 is 34.8 Å². The van der Waals surface area contributed by atoms with Crippen molar-refractivity contribution in [3.8, 4) is 0 Å². The second-order valence-corrected chi connectivity index (χ2v) is 22.2. The first-order chi connectivity index (χ1) is 27.9. The molecule has 310 valence electrons. The van der Waals surface area contributed by atoms with E-state index in [-0.39, 0.29) is 41.4 Å². The van der Waals surface area contributed by atoms with Gasteiger partial charge in [-0.3, -0.25) is 9.59 Å². The van der Waals surface area contributed by atoms with Crippen LogP contribution in [0.2, 0.25) is 0 Å². The summed E-state index contributed by atoms with van der Waals surface area (Å²) >= 11 is 19.6. The molecule has 12 heteroatoms. The number of amides is 2. The molecule has 3 aromatic carbocycles. The number of hydrogen-bond acceptors (Lipinski definition) is 5. The lowest BCUT2D eigenvalue weighted by molar-refractivity contribution is -0.138. The van der Waals surface area contributed by atoms with Crippen LogP contribution in [0.5, 0.6) is 0 Å². The summed E-state index contributed by atoms with van der Waals surface area (Å²) in [5.41, 5.74) is 7.48. The molecule has 2 saturated carbocycles. The highest BCUT2D eigenvalue weighted by Crippen LogP contribution is 2.65. The van der Waals surface area contributed by atoms with Crippen molar-refractivity contribution < 1.29 is 9.59 Å². The van der Waals surface area contributed by atoms with Crippen LogP contribution in [0, 0.1) is 10.8 Å². The van der Waals surface area contributed by atoms with Gasteiger partial charge in [0.1, 0.15) is 16.0 Å². The van der Waals surface area contributed by atoms with Gasteiger partial charge in [0.25, 0.3) is 0 Å². The Morgan fingerprint density at radius 2 is 1.12 bits per heavy atom. The van der Waals surface area contributed by atoms with Gasteiger partial charge in [0, 0.05) is 18.8 Å². The second kappa shape index (κ2) is 13.4. The lowest BCUT2D eigenvalue weighted by Crippen LogP contribution is -2.38. The van der Waals surface area contributed by atoms with Crippen molar-refractivity contribution in [2.45, 2.75) is 132 Å². The van der Waals surface area contributed by atoms with Crippen LogP contribution in [0.25, 0.3) is 22.1 Å². The van der Waals surface area contributed by atoms with E-state index in [0.29, 0.717) is 19.4 Å². The molecule has 5 heterocycles. The average molecular weight is 855 g/mol. The van der Waals surface area contributed by atoms with E-state index in [1.807, 2.05) is 30.6 Å². The van der Waals surface area contributed by atoms with Crippen molar-refractivity contribution >= 4 is 74.4 Å². The Morgan fingerprint density at radius 1 is 0.661 bits per heavy atom. The standard InChI is InChI=1S/C47H54Cl3N7O2/c1-43(2,3)29-13-15-30(16-14-29)57-35(27-11-17-31-33(23-27)53-39(51-31)37-9-7-21-55(37)41(58)44(4)25-46(44,6)48)19-20-36(57)28-12-18-32-34(24-28)54-40(52-32)38-10-8-22-56(38)42(59)45(5)26-47(45,49)50/h11-18,23-24,35-38H,7-10,19-22,25-26H2,1-6H3,(H,51,53)(H,52,54)/t35-,36-,37+,38+,44?,45?,46?/m1/s1. The topological polar surface area (TPSA) is 101 Å². The molecule has 5 aliphatic rings. The normalized spacial score (nSPS) is 31.5. The minimum absolute atomic E-state index is 0.0128. The molecule has 2 N–H and O–H groups in total. The highest BCUT2D eigenvalue weighted by molar-refractivity contribution is 6.53. The zero-order valence-electron chi connectivity index (χ0n) is 34.8. The number of hydrogen-bond donors (Lipinski definition) is 2. The third kappa shape index (κ3) is 6.30. The number of nitrogens with zero attached hydrogens (tertiary/aromatic N) is 5. The largest absolute Gasteiger partial charge is 0.357 e. The number of nitrogens with one attached hydrogen (secondary N) is 2. The van der Waals surface area contributed by atoms with Crippen molar-refractivity contribution in [3.63, 3.8) is 0 Å². The van der Waals surface area contributed by atoms with Crippen molar-refractivity contribution in [1.82, 2.24) is 29.7 Å². The number of alkyl halides is 3. The number of aromatic amines is 2. The Kier molecular flexibility index (Phi) is 8.91. The van der Waals surface area contributed by atoms with Crippen LogP contribution < -0.4 is 4.90 Å².